The van der Waals surface area contributed by atoms with Gasteiger partial charge in [0, 0.05) is 25.6 Å². The Bertz CT molecular complexity index is 3390. The van der Waals surface area contributed by atoms with Gasteiger partial charge in [0.1, 0.15) is 0 Å². The first-order valence-corrected chi connectivity index (χ1v) is 20.4. The quantitative estimate of drug-likeness (QED) is 0.159. The van der Waals surface area contributed by atoms with E-state index in [1.165, 1.54) is 119 Å². The van der Waals surface area contributed by atoms with Gasteiger partial charge in [0.05, 0.1) is 0 Å². The number of hydrogen-bond acceptors (Lipinski definition) is 1. The Hall–Kier alpha value is -6.54. The summed E-state index contributed by atoms with van der Waals surface area (Å²) in [4.78, 5) is 0. The van der Waals surface area contributed by atoms with E-state index in [0.717, 1.165) is 0 Å². The average Bonchev–Trinajstić information content (AvgIpc) is 3.71. The minimum atomic E-state index is -0.0887. The van der Waals surface area contributed by atoms with Gasteiger partial charge in [-0.2, -0.15) is 0 Å². The standard InChI is InChI=1S/C55H36S/c1-55(2)49-26-25-35(28-46(49)47-29-38-32-52-48(30-37(38)31-50(47)55)40-18-9-10-24-51(40)56-52)34-15-11-16-36(27-34)53-42-19-5-7-21-44(42)54(45-22-8-6-20-43(45)53)41-23-12-14-33-13-3-4-17-39(33)41/h3-32H,1-2H3. The highest BCUT2D eigenvalue weighted by molar-refractivity contribution is 7.25. The average molecular weight is 729 g/mol. The highest BCUT2D eigenvalue weighted by Gasteiger charge is 2.36. The number of benzene rings is 10. The SMILES string of the molecule is CC1(C)c2ccc(-c3cccc(-c4c5ccccc5c(-c5cccc6ccccc56)c5ccccc45)c3)cc2-c2cc3cc4sc5ccccc5c4cc3cc21. The molecular weight excluding hydrogens is 693 g/mol. The second-order valence-corrected chi connectivity index (χ2v) is 17.1. The van der Waals surface area contributed by atoms with Gasteiger partial charge < -0.3 is 0 Å². The van der Waals surface area contributed by atoms with Gasteiger partial charge in [0.15, 0.2) is 0 Å². The fourth-order valence-corrected chi connectivity index (χ4v) is 11.1. The molecule has 0 unspecified atom stereocenters. The third-order valence-corrected chi connectivity index (χ3v) is 13.7. The summed E-state index contributed by atoms with van der Waals surface area (Å²) in [5, 5.41) is 13.0. The van der Waals surface area contributed by atoms with Crippen LogP contribution in [0, 0.1) is 0 Å². The van der Waals surface area contributed by atoms with Crippen molar-refractivity contribution in [3.8, 4) is 44.5 Å². The molecule has 1 aliphatic rings. The molecule has 1 aromatic heterocycles. The maximum atomic E-state index is 2.47. The van der Waals surface area contributed by atoms with Crippen LogP contribution in [-0.4, -0.2) is 0 Å². The highest BCUT2D eigenvalue weighted by atomic mass is 32.1. The van der Waals surface area contributed by atoms with Crippen LogP contribution in [0.4, 0.5) is 0 Å². The molecule has 262 valence electrons. The van der Waals surface area contributed by atoms with E-state index in [1.54, 1.807) is 0 Å². The van der Waals surface area contributed by atoms with Crippen molar-refractivity contribution in [2.45, 2.75) is 19.3 Å². The molecule has 56 heavy (non-hydrogen) atoms. The molecule has 11 aromatic rings. The summed E-state index contributed by atoms with van der Waals surface area (Å²) in [5.41, 5.74) is 13.0. The third kappa shape index (κ3) is 4.53. The minimum Gasteiger partial charge on any atom is -0.135 e. The van der Waals surface area contributed by atoms with Crippen molar-refractivity contribution in [2.24, 2.45) is 0 Å². The van der Waals surface area contributed by atoms with E-state index in [9.17, 15) is 0 Å². The Kier molecular flexibility index (Phi) is 6.66. The molecule has 0 atom stereocenters. The highest BCUT2D eigenvalue weighted by Crippen LogP contribution is 2.52. The van der Waals surface area contributed by atoms with Gasteiger partial charge in [0.25, 0.3) is 0 Å². The number of fused-ring (bicyclic) bond motifs is 10. The lowest BCUT2D eigenvalue weighted by Crippen LogP contribution is -2.14. The normalized spacial score (nSPS) is 13.3. The summed E-state index contributed by atoms with van der Waals surface area (Å²) < 4.78 is 2.71. The molecule has 0 N–H and O–H groups in total. The molecule has 1 heterocycles. The van der Waals surface area contributed by atoms with Crippen LogP contribution in [0.5, 0.6) is 0 Å². The number of hydrogen-bond donors (Lipinski definition) is 0. The molecule has 0 saturated heterocycles. The Morgan fingerprint density at radius 1 is 0.321 bits per heavy atom. The maximum Gasteiger partial charge on any atom is 0.0361 e. The predicted molar refractivity (Wildman–Crippen MR) is 243 cm³/mol. The van der Waals surface area contributed by atoms with Crippen molar-refractivity contribution in [1.82, 2.24) is 0 Å². The second-order valence-electron chi connectivity index (χ2n) is 16.0. The predicted octanol–water partition coefficient (Wildman–Crippen LogP) is 16.0. The molecule has 1 heteroatoms. The Labute approximate surface area is 329 Å². The fourth-order valence-electron chi connectivity index (χ4n) is 9.92. The van der Waals surface area contributed by atoms with Crippen LogP contribution in [0.25, 0.3) is 108 Å². The minimum absolute atomic E-state index is 0.0887. The fraction of sp³-hybridized carbons (Fsp3) is 0.0545. The lowest BCUT2D eigenvalue weighted by molar-refractivity contribution is 0.661. The van der Waals surface area contributed by atoms with Gasteiger partial charge in [-0.15, -0.1) is 11.3 Å². The first-order chi connectivity index (χ1) is 27.5. The zero-order valence-corrected chi connectivity index (χ0v) is 32.0. The van der Waals surface area contributed by atoms with Gasteiger partial charge >= 0.3 is 0 Å². The summed E-state index contributed by atoms with van der Waals surface area (Å²) >= 11 is 1.90. The monoisotopic (exact) mass is 728 g/mol. The van der Waals surface area contributed by atoms with Crippen molar-refractivity contribution in [1.29, 1.82) is 0 Å². The van der Waals surface area contributed by atoms with Crippen LogP contribution in [0.2, 0.25) is 0 Å². The molecule has 12 rings (SSSR count). The van der Waals surface area contributed by atoms with Crippen molar-refractivity contribution in [3.63, 3.8) is 0 Å². The molecule has 0 amide bonds. The molecule has 0 spiro atoms. The molecule has 0 saturated carbocycles. The first-order valence-electron chi connectivity index (χ1n) is 19.6. The van der Waals surface area contributed by atoms with E-state index in [-0.39, 0.29) is 5.41 Å². The molecular formula is C55H36S. The lowest BCUT2D eigenvalue weighted by Gasteiger charge is -2.22. The van der Waals surface area contributed by atoms with E-state index >= 15 is 0 Å². The zero-order chi connectivity index (χ0) is 37.1. The molecule has 0 fully saturated rings. The summed E-state index contributed by atoms with van der Waals surface area (Å²) in [6, 6.07) is 68.4. The summed E-state index contributed by atoms with van der Waals surface area (Å²) in [5.74, 6) is 0. The maximum absolute atomic E-state index is 2.47. The molecule has 0 aliphatic heterocycles. The van der Waals surface area contributed by atoms with Crippen LogP contribution in [0.15, 0.2) is 182 Å². The second kappa shape index (κ2) is 11.7. The van der Waals surface area contributed by atoms with Crippen molar-refractivity contribution >= 4 is 74.6 Å². The molecule has 0 bridgehead atoms. The Balaban J connectivity index is 1.03. The number of rotatable bonds is 3. The largest absolute Gasteiger partial charge is 0.135 e. The van der Waals surface area contributed by atoms with Crippen LogP contribution in [0.1, 0.15) is 25.0 Å². The van der Waals surface area contributed by atoms with Crippen LogP contribution in [-0.2, 0) is 5.41 Å². The summed E-state index contributed by atoms with van der Waals surface area (Å²) in [6.45, 7) is 4.78. The van der Waals surface area contributed by atoms with Crippen molar-refractivity contribution in [3.05, 3.63) is 193 Å². The van der Waals surface area contributed by atoms with E-state index in [0.29, 0.717) is 0 Å². The van der Waals surface area contributed by atoms with Crippen molar-refractivity contribution < 1.29 is 0 Å². The third-order valence-electron chi connectivity index (χ3n) is 12.6. The van der Waals surface area contributed by atoms with E-state index in [4.69, 9.17) is 0 Å². The van der Waals surface area contributed by atoms with Gasteiger partial charge in [-0.1, -0.05) is 153 Å². The van der Waals surface area contributed by atoms with Gasteiger partial charge in [-0.3, -0.25) is 0 Å². The van der Waals surface area contributed by atoms with Crippen LogP contribution in [0.3, 0.4) is 0 Å². The topological polar surface area (TPSA) is 0 Å². The van der Waals surface area contributed by atoms with Crippen LogP contribution < -0.4 is 0 Å². The van der Waals surface area contributed by atoms with E-state index in [2.05, 4.69) is 196 Å². The van der Waals surface area contributed by atoms with E-state index in [1.807, 2.05) is 11.3 Å². The lowest BCUT2D eigenvalue weighted by atomic mass is 9.81. The molecule has 0 radical (unpaired) electrons. The van der Waals surface area contributed by atoms with Crippen LogP contribution >= 0.6 is 11.3 Å². The molecule has 1 aliphatic carbocycles. The molecule has 10 aromatic carbocycles. The summed E-state index contributed by atoms with van der Waals surface area (Å²) in [7, 11) is 0. The Morgan fingerprint density at radius 3 is 1.70 bits per heavy atom. The Morgan fingerprint density at radius 2 is 0.911 bits per heavy atom. The smallest absolute Gasteiger partial charge is 0.0361 e. The first kappa shape index (κ1) is 31.8. The van der Waals surface area contributed by atoms with E-state index < -0.39 is 0 Å². The van der Waals surface area contributed by atoms with Gasteiger partial charge in [-0.25, -0.2) is 0 Å². The van der Waals surface area contributed by atoms with Gasteiger partial charge in [-0.05, 0) is 141 Å². The zero-order valence-electron chi connectivity index (χ0n) is 31.2. The molecule has 0 nitrogen and oxygen atoms in total. The van der Waals surface area contributed by atoms with Crippen molar-refractivity contribution in [2.75, 3.05) is 0 Å². The summed E-state index contributed by atoms with van der Waals surface area (Å²) in [6.07, 6.45) is 0. The number of thiophene rings is 1. The van der Waals surface area contributed by atoms with Gasteiger partial charge in [0.2, 0.25) is 0 Å².